The molecule has 12 rings (SSSR count). The van der Waals surface area contributed by atoms with Crippen LogP contribution in [0.3, 0.4) is 0 Å². The highest BCUT2D eigenvalue weighted by Crippen LogP contribution is 2.36. The van der Waals surface area contributed by atoms with E-state index >= 15 is 0 Å². The summed E-state index contributed by atoms with van der Waals surface area (Å²) in [5.74, 6) is 0.551. The molecule has 3 atom stereocenters. The van der Waals surface area contributed by atoms with E-state index in [2.05, 4.69) is 231 Å². The highest BCUT2D eigenvalue weighted by molar-refractivity contribution is 5.95. The molecule has 0 amide bonds. The van der Waals surface area contributed by atoms with Gasteiger partial charge < -0.3 is 0 Å². The third-order valence-corrected chi connectivity index (χ3v) is 14.1. The predicted molar refractivity (Wildman–Crippen MR) is 279 cm³/mol. The first-order valence-electron chi connectivity index (χ1n) is 23.3. The quantitative estimate of drug-likeness (QED) is 0.157. The third-order valence-electron chi connectivity index (χ3n) is 14.1. The summed E-state index contributed by atoms with van der Waals surface area (Å²) < 4.78 is 0. The second-order valence-electron chi connectivity index (χ2n) is 18.3. The van der Waals surface area contributed by atoms with Gasteiger partial charge in [0.25, 0.3) is 0 Å². The Hall–Kier alpha value is -7.94. The minimum Gasteiger partial charge on any atom is -0.280 e. The summed E-state index contributed by atoms with van der Waals surface area (Å²) in [7, 11) is 0. The van der Waals surface area contributed by atoms with E-state index in [1.165, 1.54) is 110 Å². The minimum absolute atomic E-state index is 0.0854. The van der Waals surface area contributed by atoms with E-state index in [9.17, 15) is 0 Å². The van der Waals surface area contributed by atoms with Gasteiger partial charge in [-0.2, -0.15) is 0 Å². The molecule has 2 heteroatoms. The van der Waals surface area contributed by atoms with Gasteiger partial charge in [0.15, 0.2) is 0 Å². The molecule has 3 unspecified atom stereocenters. The minimum atomic E-state index is 0.0854. The van der Waals surface area contributed by atoms with Gasteiger partial charge in [0.1, 0.15) is 0 Å². The van der Waals surface area contributed by atoms with Crippen molar-refractivity contribution in [3.63, 3.8) is 0 Å². The summed E-state index contributed by atoms with van der Waals surface area (Å²) in [4.78, 5) is 10.1. The van der Waals surface area contributed by atoms with E-state index in [0.717, 1.165) is 11.8 Å². The molecule has 0 saturated carbocycles. The molecule has 2 heterocycles. The standard InChI is InChI=1S/C64H48N2/c1-41-14-15-60-39-61(58-25-24-54-35-52(20-21-55(54)37-58)50-18-16-43-8-3-5-10-47(43)33-50)40-62(64(60)66-63(41)42(2)46-12-7-13-49(32-46)45-28-30-65-31-29-45)59-27-26-56-36-53(22-23-57(56)38-59)51-19-17-44-9-4-6-11-48(44)34-51/h3-13,15-42,63H,14H2,1-2H3. The highest BCUT2D eigenvalue weighted by Gasteiger charge is 2.26. The van der Waals surface area contributed by atoms with Gasteiger partial charge in [0, 0.05) is 23.9 Å². The Balaban J connectivity index is 0.969. The van der Waals surface area contributed by atoms with E-state index in [-0.39, 0.29) is 12.0 Å². The Morgan fingerprint density at radius 1 is 0.394 bits per heavy atom. The van der Waals surface area contributed by atoms with Gasteiger partial charge in [-0.3, -0.25) is 9.98 Å². The monoisotopic (exact) mass is 844 g/mol. The highest BCUT2D eigenvalue weighted by atomic mass is 14.8. The van der Waals surface area contributed by atoms with Crippen LogP contribution in [0.4, 0.5) is 0 Å². The number of nitrogens with zero attached hydrogens (tertiary/aromatic N) is 2. The SMILES string of the molecule is CC1CC=c2cc(-c3ccc4cc(-c5ccc6ccccc6c5)ccc4c3)cc(-c3ccc4cc(-c5ccc6ccccc6c5)ccc4c3)c2=NC1C(C)c1cccc(-c2ccncc2)c1. The fourth-order valence-electron chi connectivity index (χ4n) is 10.4. The van der Waals surface area contributed by atoms with E-state index < -0.39 is 0 Å². The van der Waals surface area contributed by atoms with Crippen molar-refractivity contribution < 1.29 is 0 Å². The lowest BCUT2D eigenvalue weighted by Gasteiger charge is -2.26. The molecule has 0 radical (unpaired) electrons. The van der Waals surface area contributed by atoms with E-state index in [0.29, 0.717) is 5.92 Å². The topological polar surface area (TPSA) is 25.2 Å². The first kappa shape index (κ1) is 39.6. The molecule has 2 nitrogen and oxygen atoms in total. The first-order valence-corrected chi connectivity index (χ1v) is 23.3. The largest absolute Gasteiger partial charge is 0.280 e. The lowest BCUT2D eigenvalue weighted by atomic mass is 9.84. The molecular formula is C64H48N2. The maximum Gasteiger partial charge on any atom is 0.0725 e. The summed E-state index contributed by atoms with van der Waals surface area (Å²) >= 11 is 0. The summed E-state index contributed by atoms with van der Waals surface area (Å²) in [5, 5.41) is 12.2. The van der Waals surface area contributed by atoms with Crippen molar-refractivity contribution in [2.24, 2.45) is 10.9 Å². The Morgan fingerprint density at radius 2 is 0.848 bits per heavy atom. The zero-order valence-corrected chi connectivity index (χ0v) is 37.2. The summed E-state index contributed by atoms with van der Waals surface area (Å²) in [6.07, 6.45) is 7.13. The second kappa shape index (κ2) is 16.6. The van der Waals surface area contributed by atoms with Gasteiger partial charge in [-0.15, -0.1) is 0 Å². The molecule has 1 aromatic heterocycles. The molecule has 66 heavy (non-hydrogen) atoms. The molecular weight excluding hydrogens is 797 g/mol. The number of benzene rings is 10. The van der Waals surface area contributed by atoms with Crippen molar-refractivity contribution in [2.45, 2.75) is 32.2 Å². The van der Waals surface area contributed by atoms with Gasteiger partial charge >= 0.3 is 0 Å². The van der Waals surface area contributed by atoms with E-state index in [4.69, 9.17) is 4.99 Å². The maximum atomic E-state index is 5.83. The molecule has 10 aromatic carbocycles. The smallest absolute Gasteiger partial charge is 0.0725 e. The third kappa shape index (κ3) is 7.45. The second-order valence-corrected chi connectivity index (χ2v) is 18.3. The molecule has 11 aromatic rings. The van der Waals surface area contributed by atoms with Crippen LogP contribution in [-0.2, 0) is 0 Å². The van der Waals surface area contributed by atoms with E-state index in [1.54, 1.807) is 0 Å². The summed E-state index contributed by atoms with van der Waals surface area (Å²) in [6.45, 7) is 4.73. The number of hydrogen-bond acceptors (Lipinski definition) is 2. The molecule has 314 valence electrons. The Labute approximate surface area is 385 Å². The van der Waals surface area contributed by atoms with Crippen LogP contribution in [0.15, 0.2) is 224 Å². The van der Waals surface area contributed by atoms with Gasteiger partial charge in [-0.1, -0.05) is 166 Å². The number of fused-ring (bicyclic) bond motifs is 5. The van der Waals surface area contributed by atoms with Crippen LogP contribution in [0.5, 0.6) is 0 Å². The van der Waals surface area contributed by atoms with Crippen LogP contribution < -0.4 is 10.6 Å². The number of hydrogen-bond donors (Lipinski definition) is 0. The van der Waals surface area contributed by atoms with Crippen LogP contribution >= 0.6 is 0 Å². The zero-order valence-electron chi connectivity index (χ0n) is 37.2. The molecule has 0 fully saturated rings. The van der Waals surface area contributed by atoms with Crippen molar-refractivity contribution in [1.82, 2.24) is 4.98 Å². The molecule has 1 aliphatic heterocycles. The predicted octanol–water partition coefficient (Wildman–Crippen LogP) is 15.6. The fraction of sp³-hybridized carbons (Fsp3) is 0.0938. The molecule has 0 N–H and O–H groups in total. The van der Waals surface area contributed by atoms with Crippen molar-refractivity contribution in [3.05, 3.63) is 235 Å². The van der Waals surface area contributed by atoms with Crippen LogP contribution in [0.2, 0.25) is 0 Å². The fourth-order valence-corrected chi connectivity index (χ4v) is 10.4. The Morgan fingerprint density at radius 3 is 1.41 bits per heavy atom. The first-order chi connectivity index (χ1) is 32.5. The summed E-state index contributed by atoms with van der Waals surface area (Å²) in [5.41, 5.74) is 13.4. The number of aromatic nitrogens is 1. The lowest BCUT2D eigenvalue weighted by Crippen LogP contribution is -2.30. The van der Waals surface area contributed by atoms with Gasteiger partial charge in [0.05, 0.1) is 11.4 Å². The van der Waals surface area contributed by atoms with Crippen LogP contribution in [-0.4, -0.2) is 11.0 Å². The number of rotatable bonds is 7. The lowest BCUT2D eigenvalue weighted by molar-refractivity contribution is 0.413. The molecule has 0 bridgehead atoms. The Bertz CT molecular complexity index is 3790. The normalized spacial score (nSPS) is 15.2. The van der Waals surface area contributed by atoms with Crippen LogP contribution in [0.25, 0.3) is 105 Å². The van der Waals surface area contributed by atoms with E-state index in [1.807, 2.05) is 12.4 Å². The van der Waals surface area contributed by atoms with Gasteiger partial charge in [-0.25, -0.2) is 0 Å². The molecule has 0 aliphatic carbocycles. The van der Waals surface area contributed by atoms with Crippen molar-refractivity contribution in [2.75, 3.05) is 0 Å². The molecule has 1 aliphatic rings. The maximum absolute atomic E-state index is 5.83. The van der Waals surface area contributed by atoms with Gasteiger partial charge in [0.2, 0.25) is 0 Å². The van der Waals surface area contributed by atoms with Gasteiger partial charge in [-0.05, 0) is 177 Å². The average molecular weight is 845 g/mol. The van der Waals surface area contributed by atoms with Crippen molar-refractivity contribution in [3.8, 4) is 55.6 Å². The Kier molecular flexibility index (Phi) is 9.95. The summed E-state index contributed by atoms with van der Waals surface area (Å²) in [6, 6.07) is 76.4. The van der Waals surface area contributed by atoms with Crippen molar-refractivity contribution in [1.29, 1.82) is 0 Å². The molecule has 0 saturated heterocycles. The molecule has 0 spiro atoms. The van der Waals surface area contributed by atoms with Crippen molar-refractivity contribution >= 4 is 49.2 Å². The average Bonchev–Trinajstić information content (AvgIpc) is 3.55. The number of pyridine rings is 1. The van der Waals surface area contributed by atoms with Crippen LogP contribution in [0, 0.1) is 5.92 Å². The zero-order chi connectivity index (χ0) is 44.1. The van der Waals surface area contributed by atoms with Crippen LogP contribution in [0.1, 0.15) is 31.7 Å².